The summed E-state index contributed by atoms with van der Waals surface area (Å²) >= 11 is 0. The normalized spacial score (nSPS) is 31.3. The molecule has 31 heavy (non-hydrogen) atoms. The number of nitrogens with zero attached hydrogens (tertiary/aromatic N) is 3. The van der Waals surface area contributed by atoms with Crippen molar-refractivity contribution in [1.82, 2.24) is 18.8 Å². The summed E-state index contributed by atoms with van der Waals surface area (Å²) in [4.78, 5) is 26.3. The van der Waals surface area contributed by atoms with E-state index in [1.807, 2.05) is 0 Å². The maximum atomic E-state index is 13.2. The van der Waals surface area contributed by atoms with E-state index in [-0.39, 0.29) is 37.5 Å². The summed E-state index contributed by atoms with van der Waals surface area (Å²) in [6.45, 7) is 8.25. The highest BCUT2D eigenvalue weighted by atomic mass is 32.2. The van der Waals surface area contributed by atoms with Crippen LogP contribution in [0.15, 0.2) is 0 Å². The topological polar surface area (TPSA) is 99.3 Å². The van der Waals surface area contributed by atoms with Crippen molar-refractivity contribution >= 4 is 22.2 Å². The molecule has 178 valence electrons. The van der Waals surface area contributed by atoms with Gasteiger partial charge in [-0.3, -0.25) is 4.79 Å². The van der Waals surface area contributed by atoms with Gasteiger partial charge in [-0.05, 0) is 38.0 Å². The van der Waals surface area contributed by atoms with Gasteiger partial charge < -0.3 is 15.0 Å². The molecule has 3 rings (SSSR count). The van der Waals surface area contributed by atoms with E-state index < -0.39 is 16.3 Å². The molecule has 0 bridgehead atoms. The first kappa shape index (κ1) is 24.3. The Hall–Kier alpha value is -1.39. The van der Waals surface area contributed by atoms with E-state index in [9.17, 15) is 18.0 Å². The Balaban J connectivity index is 1.55. The maximum absolute atomic E-state index is 13.2. The lowest BCUT2D eigenvalue weighted by molar-refractivity contribution is -0.127. The monoisotopic (exact) mass is 458 g/mol. The fraction of sp³-hybridized carbons (Fsp3) is 0.905. The van der Waals surface area contributed by atoms with Crippen LogP contribution in [-0.4, -0.2) is 85.8 Å². The number of carbonyl (C=O) groups excluding carboxylic acids is 2. The van der Waals surface area contributed by atoms with Gasteiger partial charge in [0.05, 0.1) is 12.5 Å². The molecule has 0 radical (unpaired) electrons. The molecule has 2 amide bonds. The van der Waals surface area contributed by atoms with Crippen molar-refractivity contribution in [3.8, 4) is 0 Å². The van der Waals surface area contributed by atoms with Crippen molar-refractivity contribution in [3.05, 3.63) is 0 Å². The summed E-state index contributed by atoms with van der Waals surface area (Å²) in [5.41, 5.74) is 0. The van der Waals surface area contributed by atoms with Crippen molar-refractivity contribution in [2.75, 3.05) is 45.9 Å². The largest absolute Gasteiger partial charge is 0.450 e. The zero-order valence-corrected chi connectivity index (χ0v) is 19.9. The van der Waals surface area contributed by atoms with Gasteiger partial charge in [-0.25, -0.2) is 4.79 Å². The summed E-state index contributed by atoms with van der Waals surface area (Å²) in [7, 11) is -3.66. The molecule has 10 heteroatoms. The van der Waals surface area contributed by atoms with Crippen molar-refractivity contribution < 1.29 is 22.7 Å². The fourth-order valence-corrected chi connectivity index (χ4v) is 6.61. The second-order valence-corrected chi connectivity index (χ2v) is 11.1. The van der Waals surface area contributed by atoms with Crippen LogP contribution in [0.4, 0.5) is 4.79 Å². The molecule has 1 aliphatic carbocycles. The molecule has 0 aromatic carbocycles. The van der Waals surface area contributed by atoms with Crippen LogP contribution in [0, 0.1) is 17.8 Å². The van der Waals surface area contributed by atoms with Gasteiger partial charge in [0.1, 0.15) is 0 Å². The van der Waals surface area contributed by atoms with Crippen LogP contribution in [0.1, 0.15) is 52.9 Å². The minimum Gasteiger partial charge on any atom is -0.450 e. The lowest BCUT2D eigenvalue weighted by Gasteiger charge is -2.39. The Morgan fingerprint density at radius 1 is 0.968 bits per heavy atom. The molecule has 4 atom stereocenters. The van der Waals surface area contributed by atoms with E-state index in [4.69, 9.17) is 4.74 Å². The van der Waals surface area contributed by atoms with Gasteiger partial charge in [-0.1, -0.05) is 26.7 Å². The molecule has 3 fully saturated rings. The van der Waals surface area contributed by atoms with E-state index in [1.165, 1.54) is 19.9 Å². The van der Waals surface area contributed by atoms with Gasteiger partial charge in [-0.2, -0.15) is 17.0 Å². The lowest BCUT2D eigenvalue weighted by Crippen LogP contribution is -2.56. The van der Waals surface area contributed by atoms with E-state index >= 15 is 0 Å². The molecular weight excluding hydrogens is 420 g/mol. The Morgan fingerprint density at radius 3 is 2.35 bits per heavy atom. The first-order valence-corrected chi connectivity index (χ1v) is 13.1. The highest BCUT2D eigenvalue weighted by molar-refractivity contribution is 7.86. The highest BCUT2D eigenvalue weighted by Gasteiger charge is 2.39. The Morgan fingerprint density at radius 2 is 1.68 bits per heavy atom. The quantitative estimate of drug-likeness (QED) is 0.675. The van der Waals surface area contributed by atoms with E-state index in [1.54, 1.807) is 6.92 Å². The van der Waals surface area contributed by atoms with Crippen molar-refractivity contribution in [3.63, 3.8) is 0 Å². The number of amides is 2. The molecule has 2 aliphatic heterocycles. The minimum atomic E-state index is -3.66. The van der Waals surface area contributed by atoms with Crippen LogP contribution in [-0.2, 0) is 19.7 Å². The zero-order chi connectivity index (χ0) is 22.6. The zero-order valence-electron chi connectivity index (χ0n) is 19.1. The summed E-state index contributed by atoms with van der Waals surface area (Å²) in [5.74, 6) is 0.708. The maximum Gasteiger partial charge on any atom is 0.409 e. The van der Waals surface area contributed by atoms with Crippen LogP contribution in [0.2, 0.25) is 0 Å². The van der Waals surface area contributed by atoms with Gasteiger partial charge in [0.25, 0.3) is 10.2 Å². The summed E-state index contributed by atoms with van der Waals surface area (Å²) in [6.07, 6.45) is 4.31. The molecule has 3 aliphatic rings. The number of piperidine rings is 1. The van der Waals surface area contributed by atoms with E-state index in [0.717, 1.165) is 12.8 Å². The average molecular weight is 459 g/mol. The second kappa shape index (κ2) is 10.5. The lowest BCUT2D eigenvalue weighted by atomic mass is 9.78. The van der Waals surface area contributed by atoms with Crippen LogP contribution in [0.5, 0.6) is 0 Å². The Kier molecular flexibility index (Phi) is 8.20. The molecule has 1 saturated carbocycles. The molecule has 0 aromatic heterocycles. The van der Waals surface area contributed by atoms with E-state index in [2.05, 4.69) is 19.2 Å². The van der Waals surface area contributed by atoms with Crippen LogP contribution in [0.25, 0.3) is 0 Å². The number of piperazine rings is 1. The third kappa shape index (κ3) is 5.70. The molecule has 1 N–H and O–H groups in total. The average Bonchev–Trinajstić information content (AvgIpc) is 2.77. The first-order chi connectivity index (χ1) is 14.7. The second-order valence-electron chi connectivity index (χ2n) is 9.17. The number of nitrogens with one attached hydrogen (secondary N) is 1. The van der Waals surface area contributed by atoms with Crippen LogP contribution in [0.3, 0.4) is 0 Å². The minimum absolute atomic E-state index is 0.0158. The van der Waals surface area contributed by atoms with Gasteiger partial charge in [0, 0.05) is 45.3 Å². The molecule has 0 spiro atoms. The molecular formula is C21H38N4O5S. The van der Waals surface area contributed by atoms with Crippen LogP contribution >= 0.6 is 0 Å². The third-order valence-corrected chi connectivity index (χ3v) is 9.21. The predicted molar refractivity (Wildman–Crippen MR) is 117 cm³/mol. The smallest absolute Gasteiger partial charge is 0.409 e. The van der Waals surface area contributed by atoms with Crippen molar-refractivity contribution in [2.45, 2.75) is 58.9 Å². The first-order valence-electron chi connectivity index (χ1n) is 11.7. The summed E-state index contributed by atoms with van der Waals surface area (Å²) in [5, 5.41) is 3.22. The van der Waals surface area contributed by atoms with Crippen molar-refractivity contribution in [2.24, 2.45) is 17.8 Å². The number of hydrogen-bond acceptors (Lipinski definition) is 5. The van der Waals surface area contributed by atoms with Gasteiger partial charge >= 0.3 is 6.09 Å². The third-order valence-electron chi connectivity index (χ3n) is 7.21. The number of rotatable bonds is 5. The van der Waals surface area contributed by atoms with E-state index in [0.29, 0.717) is 50.9 Å². The molecule has 0 unspecified atom stereocenters. The number of carbonyl (C=O) groups is 2. The Labute approximate surface area is 186 Å². The van der Waals surface area contributed by atoms with Crippen LogP contribution < -0.4 is 5.32 Å². The number of hydrogen-bond donors (Lipinski definition) is 1. The summed E-state index contributed by atoms with van der Waals surface area (Å²) < 4.78 is 34.2. The van der Waals surface area contributed by atoms with Gasteiger partial charge in [0.2, 0.25) is 5.91 Å². The standard InChI is InChI=1S/C21H38N4O5S/c1-4-30-21(27)23-11-13-24(14-12-23)31(28,29)25-10-6-8-18(15-25)20(26)22-19-9-5-7-16(2)17(19)3/h16-19H,4-15H2,1-3H3,(H,22,26)/t16-,17-,18-,19+/m0/s1. The SMILES string of the molecule is CCOC(=O)N1CCN(S(=O)(=O)N2CCC[C@H](C(=O)N[C@@H]3CCC[C@H](C)[C@@H]3C)C2)CC1. The van der Waals surface area contributed by atoms with Gasteiger partial charge in [-0.15, -0.1) is 0 Å². The summed E-state index contributed by atoms with van der Waals surface area (Å²) in [6, 6.07) is 0.180. The predicted octanol–water partition coefficient (Wildman–Crippen LogP) is 1.66. The van der Waals surface area contributed by atoms with Gasteiger partial charge in [0.15, 0.2) is 0 Å². The fourth-order valence-electron chi connectivity index (χ4n) is 4.93. The molecule has 0 aromatic rings. The molecule has 2 heterocycles. The molecule has 2 saturated heterocycles. The molecule has 9 nitrogen and oxygen atoms in total. The van der Waals surface area contributed by atoms with Crippen molar-refractivity contribution in [1.29, 1.82) is 0 Å². The Bertz CT molecular complexity index is 738. The highest BCUT2D eigenvalue weighted by Crippen LogP contribution is 2.30. The number of ether oxygens (including phenoxy) is 1.